The first kappa shape index (κ1) is 37.1. The average molecular weight is 784 g/mol. The number of aromatic nitrogens is 3. The van der Waals surface area contributed by atoms with Gasteiger partial charge in [-0.25, -0.2) is 15.0 Å². The minimum absolute atomic E-state index is 0.0461. The van der Waals surface area contributed by atoms with E-state index in [4.69, 9.17) is 15.0 Å². The maximum atomic E-state index is 12.9. The van der Waals surface area contributed by atoms with Crippen molar-refractivity contribution in [3.05, 3.63) is 193 Å². The molecule has 0 radical (unpaired) electrons. The van der Waals surface area contributed by atoms with Crippen LogP contribution in [0.25, 0.3) is 67.5 Å². The van der Waals surface area contributed by atoms with E-state index in [9.17, 15) is 4.57 Å². The molecular formula is C54H46N3OP. The van der Waals surface area contributed by atoms with Crippen molar-refractivity contribution in [2.24, 2.45) is 11.8 Å². The Balaban J connectivity index is 1.04. The molecule has 0 aliphatic heterocycles. The Hall–Kier alpha value is -6.22. The number of fused-ring (bicyclic) bond motifs is 2. The Kier molecular flexibility index (Phi) is 9.54. The third-order valence-corrected chi connectivity index (χ3v) is 14.3. The molecule has 1 heterocycles. The van der Waals surface area contributed by atoms with Crippen molar-refractivity contribution < 1.29 is 4.57 Å². The van der Waals surface area contributed by atoms with Crippen LogP contribution in [-0.2, 0) is 9.98 Å². The molecule has 3 atom stereocenters. The number of benzene rings is 7. The lowest BCUT2D eigenvalue weighted by Gasteiger charge is -2.39. The summed E-state index contributed by atoms with van der Waals surface area (Å²) < 4.78 is 12.9. The Morgan fingerprint density at radius 1 is 0.441 bits per heavy atom. The Morgan fingerprint density at radius 2 is 0.864 bits per heavy atom. The summed E-state index contributed by atoms with van der Waals surface area (Å²) in [4.78, 5) is 15.5. The molecule has 2 saturated carbocycles. The maximum Gasteiger partial charge on any atom is 0.164 e. The highest BCUT2D eigenvalue weighted by atomic mass is 31.2. The summed E-state index contributed by atoms with van der Waals surface area (Å²) in [6, 6.07) is 64.4. The summed E-state index contributed by atoms with van der Waals surface area (Å²) in [7, 11) is -2.35. The van der Waals surface area contributed by atoms with Gasteiger partial charge < -0.3 is 4.57 Å². The molecule has 1 aromatic heterocycles. The molecule has 8 aromatic rings. The number of nitrogens with zero attached hydrogens (tertiary/aromatic N) is 3. The van der Waals surface area contributed by atoms with E-state index >= 15 is 0 Å². The van der Waals surface area contributed by atoms with E-state index in [1.54, 1.807) is 0 Å². The van der Waals surface area contributed by atoms with Crippen LogP contribution in [0.5, 0.6) is 0 Å². The average Bonchev–Trinajstić information content (AvgIpc) is 3.93. The van der Waals surface area contributed by atoms with Crippen molar-refractivity contribution in [3.63, 3.8) is 0 Å². The zero-order valence-corrected chi connectivity index (χ0v) is 34.4. The minimum Gasteiger partial charge on any atom is -0.319 e. The van der Waals surface area contributed by atoms with E-state index in [1.165, 1.54) is 30.4 Å². The fourth-order valence-corrected chi connectivity index (χ4v) is 10.7. The first-order valence-corrected chi connectivity index (χ1v) is 23.4. The van der Waals surface area contributed by atoms with Gasteiger partial charge in [0.25, 0.3) is 0 Å². The zero-order chi connectivity index (χ0) is 40.0. The van der Waals surface area contributed by atoms with Crippen molar-refractivity contribution in [1.82, 2.24) is 15.0 Å². The minimum atomic E-state index is -2.35. The second-order valence-corrected chi connectivity index (χ2v) is 20.0. The molecule has 0 spiro atoms. The van der Waals surface area contributed by atoms with Gasteiger partial charge in [-0.15, -0.1) is 0 Å². The van der Waals surface area contributed by atoms with Crippen LogP contribution in [0, 0.1) is 11.8 Å². The molecule has 2 aliphatic carbocycles. The van der Waals surface area contributed by atoms with Gasteiger partial charge in [0.15, 0.2) is 17.5 Å². The first-order valence-electron chi connectivity index (χ1n) is 20.8. The monoisotopic (exact) mass is 783 g/mol. The third kappa shape index (κ3) is 7.17. The van der Waals surface area contributed by atoms with E-state index in [0.717, 1.165) is 67.7 Å². The number of hydrogen-bond donors (Lipinski definition) is 0. The largest absolute Gasteiger partial charge is 0.319 e. The Labute approximate surface area is 347 Å². The van der Waals surface area contributed by atoms with Gasteiger partial charge in [0.05, 0.1) is 0 Å². The molecule has 5 heteroatoms. The summed E-state index contributed by atoms with van der Waals surface area (Å²) in [6.45, 7) is 3.68. The zero-order valence-electron chi connectivity index (χ0n) is 33.5. The summed E-state index contributed by atoms with van der Waals surface area (Å²) in [6.07, 6.45) is 5.01. The highest BCUT2D eigenvalue weighted by Crippen LogP contribution is 2.60. The van der Waals surface area contributed by atoms with Crippen LogP contribution >= 0.6 is 7.14 Å². The molecule has 2 aliphatic rings. The SMILES string of the molecule is CP(C)(=O)c1cccc(-c2ccc(C3(c4ccc(-c5nc(-c6cccc(-c7ccccc7)c6)nc(-c6cccc(-c7ccccc7)c6)n5)cc4)CC4CCC3C4)cc2)c1. The van der Waals surface area contributed by atoms with Crippen molar-refractivity contribution in [1.29, 1.82) is 0 Å². The standard InChI is InChI=1S/C54H46N3OP/c1-59(2,58)50-21-11-18-44(35-50)40-23-28-47(29-24-40)54(36-37-22-27-49(54)32-37)48-30-25-41(26-31-48)51-55-52(45-19-9-16-42(33-45)38-12-5-3-6-13-38)57-53(56-51)46-20-10-17-43(34-46)39-14-7-4-8-15-39/h3-21,23-26,28-31,33-35,37,49H,22,27,32,36H2,1-2H3. The van der Waals surface area contributed by atoms with E-state index in [-0.39, 0.29) is 5.41 Å². The van der Waals surface area contributed by atoms with Crippen LogP contribution < -0.4 is 5.30 Å². The predicted octanol–water partition coefficient (Wildman–Crippen LogP) is 13.2. The molecule has 7 aromatic carbocycles. The smallest absolute Gasteiger partial charge is 0.164 e. The van der Waals surface area contributed by atoms with Gasteiger partial charge in [0.1, 0.15) is 7.14 Å². The van der Waals surface area contributed by atoms with Gasteiger partial charge in [-0.3, -0.25) is 0 Å². The van der Waals surface area contributed by atoms with Gasteiger partial charge in [-0.1, -0.05) is 170 Å². The van der Waals surface area contributed by atoms with Crippen molar-refractivity contribution in [2.45, 2.75) is 31.1 Å². The molecule has 4 nitrogen and oxygen atoms in total. The van der Waals surface area contributed by atoms with Gasteiger partial charge in [0.2, 0.25) is 0 Å². The molecule has 0 saturated heterocycles. The number of hydrogen-bond acceptors (Lipinski definition) is 4. The second-order valence-electron chi connectivity index (χ2n) is 16.8. The van der Waals surface area contributed by atoms with Crippen LogP contribution in [0.3, 0.4) is 0 Å². The quantitative estimate of drug-likeness (QED) is 0.137. The van der Waals surface area contributed by atoms with E-state index in [0.29, 0.717) is 23.4 Å². The molecule has 10 rings (SSSR count). The fraction of sp³-hybridized carbons (Fsp3) is 0.167. The highest BCUT2D eigenvalue weighted by Gasteiger charge is 2.52. The van der Waals surface area contributed by atoms with Gasteiger partial charge in [-0.2, -0.15) is 0 Å². The molecule has 0 amide bonds. The van der Waals surface area contributed by atoms with Crippen LogP contribution in [0.1, 0.15) is 36.8 Å². The van der Waals surface area contributed by atoms with Gasteiger partial charge in [-0.05, 0) is 107 Å². The van der Waals surface area contributed by atoms with Gasteiger partial charge >= 0.3 is 0 Å². The van der Waals surface area contributed by atoms with Crippen LogP contribution in [0.2, 0.25) is 0 Å². The Bertz CT molecular complexity index is 2730. The summed E-state index contributed by atoms with van der Waals surface area (Å²) in [5, 5.41) is 0.919. The fourth-order valence-electron chi connectivity index (χ4n) is 9.80. The molecule has 2 fully saturated rings. The molecule has 3 unspecified atom stereocenters. The molecular weight excluding hydrogens is 738 g/mol. The summed E-state index contributed by atoms with van der Waals surface area (Å²) >= 11 is 0. The summed E-state index contributed by atoms with van der Waals surface area (Å²) in [5.74, 6) is 3.29. The lowest BCUT2D eigenvalue weighted by molar-refractivity contribution is 0.320. The van der Waals surface area contributed by atoms with Crippen LogP contribution in [-0.4, -0.2) is 28.3 Å². The third-order valence-electron chi connectivity index (χ3n) is 12.8. The lowest BCUT2D eigenvalue weighted by atomic mass is 9.64. The van der Waals surface area contributed by atoms with Crippen molar-refractivity contribution in [3.8, 4) is 67.5 Å². The van der Waals surface area contributed by atoms with E-state index in [1.807, 2.05) is 37.6 Å². The van der Waals surface area contributed by atoms with E-state index < -0.39 is 7.14 Å². The van der Waals surface area contributed by atoms with Crippen LogP contribution in [0.15, 0.2) is 182 Å². The van der Waals surface area contributed by atoms with Crippen LogP contribution in [0.4, 0.5) is 0 Å². The molecule has 59 heavy (non-hydrogen) atoms. The van der Waals surface area contributed by atoms with E-state index in [2.05, 4.69) is 158 Å². The Morgan fingerprint density at radius 3 is 1.34 bits per heavy atom. The summed E-state index contributed by atoms with van der Waals surface area (Å²) in [5.41, 5.74) is 12.4. The maximum absolute atomic E-state index is 12.9. The van der Waals surface area contributed by atoms with Crippen molar-refractivity contribution in [2.75, 3.05) is 13.3 Å². The first-order chi connectivity index (χ1) is 28.8. The molecule has 288 valence electrons. The van der Waals surface area contributed by atoms with Crippen molar-refractivity contribution >= 4 is 12.4 Å². The predicted molar refractivity (Wildman–Crippen MR) is 244 cm³/mol. The molecule has 2 bridgehead atoms. The molecule has 0 N–H and O–H groups in total. The lowest BCUT2D eigenvalue weighted by Crippen LogP contribution is -2.34. The topological polar surface area (TPSA) is 55.7 Å². The second kappa shape index (κ2) is 15.2. The normalized spacial score (nSPS) is 18.5. The number of rotatable bonds is 9. The highest BCUT2D eigenvalue weighted by molar-refractivity contribution is 7.70. The van der Waals surface area contributed by atoms with Gasteiger partial charge in [0, 0.05) is 27.4 Å².